The minimum atomic E-state index is -1.11. The monoisotopic (exact) mass is 272 g/mol. The highest BCUT2D eigenvalue weighted by Gasteiger charge is 2.30. The number of Topliss-reactive ketones (excluding diaryl/α,β-unsaturated/α-hetero) is 1. The van der Waals surface area contributed by atoms with E-state index in [9.17, 15) is 9.00 Å². The molecule has 0 radical (unpaired) electrons. The second-order valence-corrected chi connectivity index (χ2v) is 7.21. The van der Waals surface area contributed by atoms with Crippen molar-refractivity contribution in [3.8, 4) is 0 Å². The van der Waals surface area contributed by atoms with Crippen molar-refractivity contribution >= 4 is 27.9 Å². The van der Waals surface area contributed by atoms with Crippen LogP contribution < -0.4 is 0 Å². The maximum absolute atomic E-state index is 12.1. The lowest BCUT2D eigenvalue weighted by Crippen LogP contribution is -2.27. The molecule has 0 bridgehead atoms. The van der Waals surface area contributed by atoms with Crippen LogP contribution in [0.1, 0.15) is 27.9 Å². The molecule has 0 spiro atoms. The first-order chi connectivity index (χ1) is 8.08. The molecule has 1 aliphatic rings. The van der Waals surface area contributed by atoms with Crippen molar-refractivity contribution in [2.24, 2.45) is 0 Å². The topological polar surface area (TPSA) is 43.4 Å². The zero-order valence-corrected chi connectivity index (χ0v) is 11.6. The van der Waals surface area contributed by atoms with E-state index >= 15 is 0 Å². The number of carbonyl (C=O) groups is 1. The second kappa shape index (κ2) is 5.42. The average molecular weight is 272 g/mol. The van der Waals surface area contributed by atoms with E-state index in [0.29, 0.717) is 11.5 Å². The highest BCUT2D eigenvalue weighted by molar-refractivity contribution is 7.86. The highest BCUT2D eigenvalue weighted by atomic mass is 32.2. The van der Waals surface area contributed by atoms with E-state index in [4.69, 9.17) is 4.74 Å². The van der Waals surface area contributed by atoms with E-state index < -0.39 is 10.8 Å². The van der Waals surface area contributed by atoms with E-state index in [1.54, 1.807) is 0 Å². The van der Waals surface area contributed by atoms with Gasteiger partial charge in [0.15, 0.2) is 5.78 Å². The summed E-state index contributed by atoms with van der Waals surface area (Å²) in [6.07, 6.45) is 0.804. The number of ketones is 1. The first-order valence-electron chi connectivity index (χ1n) is 5.66. The van der Waals surface area contributed by atoms with Crippen molar-refractivity contribution in [3.63, 3.8) is 0 Å². The molecular formula is C12H16O3S2. The number of hydrogen-bond donors (Lipinski definition) is 0. The Balaban J connectivity index is 1.97. The fourth-order valence-corrected chi connectivity index (χ4v) is 4.34. The Labute approximate surface area is 108 Å². The summed E-state index contributed by atoms with van der Waals surface area (Å²) in [5.74, 6) is 0.110. The first-order valence-corrected chi connectivity index (χ1v) is 7.86. The lowest BCUT2D eigenvalue weighted by atomic mass is 10.3. The number of aryl methyl sites for hydroxylation is 1. The molecule has 1 aromatic heterocycles. The Kier molecular flexibility index (Phi) is 4.12. The van der Waals surface area contributed by atoms with Crippen LogP contribution in [-0.4, -0.2) is 33.7 Å². The Morgan fingerprint density at radius 1 is 1.59 bits per heavy atom. The van der Waals surface area contributed by atoms with Crippen molar-refractivity contribution in [2.45, 2.75) is 31.6 Å². The van der Waals surface area contributed by atoms with Gasteiger partial charge in [0.2, 0.25) is 0 Å². The summed E-state index contributed by atoms with van der Waals surface area (Å²) >= 11 is 1.47. The molecule has 1 saturated heterocycles. The van der Waals surface area contributed by atoms with Gasteiger partial charge < -0.3 is 4.74 Å². The van der Waals surface area contributed by atoms with Gasteiger partial charge in [0.25, 0.3) is 0 Å². The van der Waals surface area contributed by atoms with Gasteiger partial charge in [0.1, 0.15) is 0 Å². The number of ether oxygens (including phenoxy) is 1. The van der Waals surface area contributed by atoms with Gasteiger partial charge in [-0.05, 0) is 32.4 Å². The maximum Gasteiger partial charge on any atom is 0.185 e. The molecule has 1 aliphatic heterocycles. The standard InChI is InChI=1S/C12H16O3S2/c1-8-3-4-11(16-8)10(13)7-17(14)12-5-6-15-9(12)2/h3-4,9,12H,5-7H2,1-2H3. The molecule has 94 valence electrons. The Hall–Kier alpha value is -0.520. The smallest absolute Gasteiger partial charge is 0.185 e. The van der Waals surface area contributed by atoms with Crippen LogP contribution in [0.4, 0.5) is 0 Å². The molecular weight excluding hydrogens is 256 g/mol. The summed E-state index contributed by atoms with van der Waals surface area (Å²) in [6, 6.07) is 3.73. The third-order valence-electron chi connectivity index (χ3n) is 2.93. The largest absolute Gasteiger partial charge is 0.377 e. The summed E-state index contributed by atoms with van der Waals surface area (Å²) in [5.41, 5.74) is 0. The van der Waals surface area contributed by atoms with Gasteiger partial charge in [-0.15, -0.1) is 11.3 Å². The predicted molar refractivity (Wildman–Crippen MR) is 70.2 cm³/mol. The van der Waals surface area contributed by atoms with E-state index in [-0.39, 0.29) is 22.9 Å². The van der Waals surface area contributed by atoms with Crippen molar-refractivity contribution in [1.29, 1.82) is 0 Å². The summed E-state index contributed by atoms with van der Waals surface area (Å²) in [5, 5.41) is 0.0139. The van der Waals surface area contributed by atoms with Gasteiger partial charge in [0, 0.05) is 22.3 Å². The predicted octanol–water partition coefficient (Wildman–Crippen LogP) is 2.17. The van der Waals surface area contributed by atoms with Crippen LogP contribution in [0.2, 0.25) is 0 Å². The Morgan fingerprint density at radius 3 is 2.88 bits per heavy atom. The molecule has 3 nitrogen and oxygen atoms in total. The lowest BCUT2D eigenvalue weighted by molar-refractivity contribution is 0.102. The summed E-state index contributed by atoms with van der Waals surface area (Å²) in [4.78, 5) is 13.7. The highest BCUT2D eigenvalue weighted by Crippen LogP contribution is 2.21. The minimum Gasteiger partial charge on any atom is -0.377 e. The average Bonchev–Trinajstić information content (AvgIpc) is 2.86. The van der Waals surface area contributed by atoms with Gasteiger partial charge in [-0.25, -0.2) is 0 Å². The fourth-order valence-electron chi connectivity index (χ4n) is 1.95. The Morgan fingerprint density at radius 2 is 2.35 bits per heavy atom. The van der Waals surface area contributed by atoms with Crippen molar-refractivity contribution in [1.82, 2.24) is 0 Å². The molecule has 2 heterocycles. The van der Waals surface area contributed by atoms with Gasteiger partial charge in [-0.1, -0.05) is 0 Å². The third kappa shape index (κ3) is 3.03. The Bertz CT molecular complexity index is 439. The molecule has 0 amide bonds. The number of rotatable bonds is 4. The molecule has 0 saturated carbocycles. The van der Waals surface area contributed by atoms with Crippen molar-refractivity contribution < 1.29 is 13.7 Å². The van der Waals surface area contributed by atoms with Crippen LogP contribution in [0.15, 0.2) is 12.1 Å². The molecule has 3 atom stereocenters. The van der Waals surface area contributed by atoms with E-state index in [2.05, 4.69) is 0 Å². The van der Waals surface area contributed by atoms with Gasteiger partial charge in [-0.2, -0.15) is 0 Å². The summed E-state index contributed by atoms with van der Waals surface area (Å²) < 4.78 is 17.4. The lowest BCUT2D eigenvalue weighted by Gasteiger charge is -2.12. The molecule has 2 rings (SSSR count). The summed E-state index contributed by atoms with van der Waals surface area (Å²) in [6.45, 7) is 4.55. The zero-order chi connectivity index (χ0) is 12.4. The molecule has 0 aliphatic carbocycles. The van der Waals surface area contributed by atoms with Crippen molar-refractivity contribution in [2.75, 3.05) is 12.4 Å². The fraction of sp³-hybridized carbons (Fsp3) is 0.583. The number of hydrogen-bond acceptors (Lipinski definition) is 4. The van der Waals surface area contributed by atoms with Crippen LogP contribution in [0, 0.1) is 6.92 Å². The first kappa shape index (κ1) is 12.9. The van der Waals surface area contributed by atoms with Crippen LogP contribution in [0.5, 0.6) is 0 Å². The van der Waals surface area contributed by atoms with E-state index in [1.165, 1.54) is 11.3 Å². The maximum atomic E-state index is 12.1. The molecule has 17 heavy (non-hydrogen) atoms. The van der Waals surface area contributed by atoms with Gasteiger partial charge in [0.05, 0.1) is 22.0 Å². The van der Waals surface area contributed by atoms with Crippen molar-refractivity contribution in [3.05, 3.63) is 21.9 Å². The van der Waals surface area contributed by atoms with Gasteiger partial charge in [-0.3, -0.25) is 9.00 Å². The molecule has 0 N–H and O–H groups in total. The molecule has 1 aromatic rings. The SMILES string of the molecule is Cc1ccc(C(=O)CS(=O)C2CCOC2C)s1. The van der Waals surface area contributed by atoms with E-state index in [1.807, 2.05) is 26.0 Å². The third-order valence-corrected chi connectivity index (χ3v) is 5.82. The normalized spacial score (nSPS) is 26.0. The molecule has 1 fully saturated rings. The molecule has 0 aromatic carbocycles. The van der Waals surface area contributed by atoms with Crippen LogP contribution in [-0.2, 0) is 15.5 Å². The van der Waals surface area contributed by atoms with Gasteiger partial charge >= 0.3 is 0 Å². The van der Waals surface area contributed by atoms with Crippen LogP contribution >= 0.6 is 11.3 Å². The number of thiophene rings is 1. The number of carbonyl (C=O) groups excluding carboxylic acids is 1. The summed E-state index contributed by atoms with van der Waals surface area (Å²) in [7, 11) is -1.11. The zero-order valence-electron chi connectivity index (χ0n) is 9.97. The quantitative estimate of drug-likeness (QED) is 0.789. The molecule has 5 heteroatoms. The van der Waals surface area contributed by atoms with Crippen LogP contribution in [0.3, 0.4) is 0 Å². The second-order valence-electron chi connectivity index (χ2n) is 4.26. The van der Waals surface area contributed by atoms with E-state index in [0.717, 1.165) is 11.3 Å². The molecule has 3 unspecified atom stereocenters. The van der Waals surface area contributed by atoms with Crippen LogP contribution in [0.25, 0.3) is 0 Å². The minimum absolute atomic E-state index is 0.00806.